The Morgan fingerprint density at radius 2 is 2.14 bits per heavy atom. The average molecular weight is 194 g/mol. The third-order valence-corrected chi connectivity index (χ3v) is 3.02. The second-order valence-electron chi connectivity index (χ2n) is 4.24. The summed E-state index contributed by atoms with van der Waals surface area (Å²) in [6.07, 6.45) is 8.43. The van der Waals surface area contributed by atoms with Crippen molar-refractivity contribution in [2.75, 3.05) is 13.2 Å². The summed E-state index contributed by atoms with van der Waals surface area (Å²) in [6, 6.07) is 0. The molecule has 2 rings (SSSR count). The van der Waals surface area contributed by atoms with Crippen LogP contribution in [-0.4, -0.2) is 24.9 Å². The minimum absolute atomic E-state index is 0.0774. The van der Waals surface area contributed by atoms with Crippen LogP contribution in [0.2, 0.25) is 0 Å². The van der Waals surface area contributed by atoms with E-state index in [1.165, 1.54) is 19.3 Å². The van der Waals surface area contributed by atoms with E-state index < -0.39 is 0 Å². The van der Waals surface area contributed by atoms with E-state index in [-0.39, 0.29) is 5.60 Å². The molecule has 1 aliphatic carbocycles. The molecule has 1 atom stereocenters. The maximum absolute atomic E-state index is 5.95. The molecule has 2 nitrogen and oxygen atoms in total. The minimum Gasteiger partial charge on any atom is -0.371 e. The van der Waals surface area contributed by atoms with Gasteiger partial charge in [-0.05, 0) is 18.9 Å². The highest BCUT2D eigenvalue weighted by molar-refractivity contribution is 5.02. The monoisotopic (exact) mass is 194 g/mol. The summed E-state index contributed by atoms with van der Waals surface area (Å²) >= 11 is 0. The maximum atomic E-state index is 5.95. The fraction of sp³-hybridized carbons (Fsp3) is 0.750. The Kier molecular flexibility index (Phi) is 3.07. The van der Waals surface area contributed by atoms with Crippen molar-refractivity contribution in [1.82, 2.24) is 0 Å². The Balaban J connectivity index is 1.92. The lowest BCUT2D eigenvalue weighted by molar-refractivity contribution is -0.0392. The Hall–Kier alpha value is -0.560. The summed E-state index contributed by atoms with van der Waals surface area (Å²) in [6.45, 7) is 5.25. The Morgan fingerprint density at radius 1 is 1.43 bits per heavy atom. The molecule has 1 aliphatic heterocycles. The lowest BCUT2D eigenvalue weighted by Gasteiger charge is -2.33. The zero-order chi connectivity index (χ0) is 9.86. The van der Waals surface area contributed by atoms with Crippen molar-refractivity contribution >= 4 is 0 Å². The van der Waals surface area contributed by atoms with E-state index in [1.807, 2.05) is 6.08 Å². The molecule has 0 aromatic heterocycles. The van der Waals surface area contributed by atoms with Gasteiger partial charge in [0.25, 0.3) is 0 Å². The van der Waals surface area contributed by atoms with Crippen LogP contribution in [0.4, 0.5) is 0 Å². The molecule has 0 aromatic rings. The fourth-order valence-corrected chi connectivity index (χ4v) is 2.09. The first kappa shape index (κ1) is 9.97. The number of hydrogen-bond acceptors (Lipinski definition) is 2. The van der Waals surface area contributed by atoms with E-state index in [4.69, 9.17) is 9.47 Å². The molecule has 14 heavy (non-hydrogen) atoms. The highest BCUT2D eigenvalue weighted by Gasteiger charge is 2.33. The molecule has 0 bridgehead atoms. The second kappa shape index (κ2) is 4.31. The Bertz CT molecular complexity index is 231. The van der Waals surface area contributed by atoms with Crippen LogP contribution in [0.15, 0.2) is 18.4 Å². The van der Waals surface area contributed by atoms with Crippen molar-refractivity contribution < 1.29 is 9.47 Å². The van der Waals surface area contributed by atoms with Gasteiger partial charge >= 0.3 is 0 Å². The van der Waals surface area contributed by atoms with Crippen molar-refractivity contribution in [3.63, 3.8) is 0 Å². The van der Waals surface area contributed by atoms with Crippen LogP contribution in [-0.2, 0) is 9.47 Å². The topological polar surface area (TPSA) is 21.8 Å². The van der Waals surface area contributed by atoms with Gasteiger partial charge in [-0.25, -0.2) is 0 Å². The number of epoxide rings is 1. The summed E-state index contributed by atoms with van der Waals surface area (Å²) in [4.78, 5) is 0. The van der Waals surface area contributed by atoms with E-state index in [9.17, 15) is 0 Å². The van der Waals surface area contributed by atoms with E-state index in [1.54, 1.807) is 0 Å². The molecule has 0 aromatic carbocycles. The first-order valence-electron chi connectivity index (χ1n) is 5.47. The third-order valence-electron chi connectivity index (χ3n) is 3.02. The van der Waals surface area contributed by atoms with Gasteiger partial charge in [-0.1, -0.05) is 25.8 Å². The van der Waals surface area contributed by atoms with E-state index in [0.717, 1.165) is 26.1 Å². The Morgan fingerprint density at radius 3 is 2.71 bits per heavy atom. The molecule has 2 fully saturated rings. The first-order valence-corrected chi connectivity index (χ1v) is 5.47. The van der Waals surface area contributed by atoms with Crippen molar-refractivity contribution in [1.29, 1.82) is 0 Å². The summed E-state index contributed by atoms with van der Waals surface area (Å²) in [5, 5.41) is 0. The normalized spacial score (nSPS) is 29.3. The molecule has 0 amide bonds. The largest absolute Gasteiger partial charge is 0.371 e. The molecule has 0 spiro atoms. The highest BCUT2D eigenvalue weighted by atomic mass is 16.6. The molecule has 2 aliphatic rings. The lowest BCUT2D eigenvalue weighted by Crippen LogP contribution is -2.34. The Labute approximate surface area is 85.6 Å². The van der Waals surface area contributed by atoms with Crippen LogP contribution in [0, 0.1) is 0 Å². The smallest absolute Gasteiger partial charge is 0.104 e. The summed E-state index contributed by atoms with van der Waals surface area (Å²) in [5.74, 6) is 0. The molecule has 0 N–H and O–H groups in total. The minimum atomic E-state index is -0.0774. The molecule has 1 heterocycles. The molecule has 0 radical (unpaired) electrons. The molecule has 1 saturated heterocycles. The van der Waals surface area contributed by atoms with Gasteiger partial charge in [0.15, 0.2) is 0 Å². The van der Waals surface area contributed by atoms with E-state index in [0.29, 0.717) is 6.10 Å². The van der Waals surface area contributed by atoms with Gasteiger partial charge in [-0.15, -0.1) is 5.73 Å². The molecular formula is C12H18O2. The SMILES string of the molecule is C=C=CC1(OCC2CO2)CCCCC1. The summed E-state index contributed by atoms with van der Waals surface area (Å²) < 4.78 is 11.1. The zero-order valence-corrected chi connectivity index (χ0v) is 8.63. The van der Waals surface area contributed by atoms with Crippen molar-refractivity contribution in [2.45, 2.75) is 43.8 Å². The van der Waals surface area contributed by atoms with E-state index in [2.05, 4.69) is 12.3 Å². The summed E-state index contributed by atoms with van der Waals surface area (Å²) in [7, 11) is 0. The van der Waals surface area contributed by atoms with Gasteiger partial charge in [-0.2, -0.15) is 0 Å². The van der Waals surface area contributed by atoms with Gasteiger partial charge in [0.2, 0.25) is 0 Å². The van der Waals surface area contributed by atoms with Gasteiger partial charge in [0, 0.05) is 0 Å². The van der Waals surface area contributed by atoms with Gasteiger partial charge in [-0.3, -0.25) is 0 Å². The average Bonchev–Trinajstić information content (AvgIpc) is 3.00. The predicted molar refractivity (Wildman–Crippen MR) is 55.2 cm³/mol. The maximum Gasteiger partial charge on any atom is 0.104 e. The van der Waals surface area contributed by atoms with Crippen LogP contribution in [0.5, 0.6) is 0 Å². The predicted octanol–water partition coefficient (Wildman–Crippen LogP) is 2.45. The van der Waals surface area contributed by atoms with Crippen LogP contribution in [0.1, 0.15) is 32.1 Å². The van der Waals surface area contributed by atoms with Crippen LogP contribution >= 0.6 is 0 Å². The number of rotatable bonds is 4. The van der Waals surface area contributed by atoms with Crippen molar-refractivity contribution in [3.8, 4) is 0 Å². The van der Waals surface area contributed by atoms with E-state index >= 15 is 0 Å². The van der Waals surface area contributed by atoms with Crippen molar-refractivity contribution in [3.05, 3.63) is 18.4 Å². The molecule has 1 unspecified atom stereocenters. The fourth-order valence-electron chi connectivity index (χ4n) is 2.09. The second-order valence-corrected chi connectivity index (χ2v) is 4.24. The number of ether oxygens (including phenoxy) is 2. The first-order chi connectivity index (χ1) is 6.85. The highest BCUT2D eigenvalue weighted by Crippen LogP contribution is 2.33. The number of hydrogen-bond donors (Lipinski definition) is 0. The lowest BCUT2D eigenvalue weighted by atomic mass is 9.84. The quantitative estimate of drug-likeness (QED) is 0.506. The van der Waals surface area contributed by atoms with Gasteiger partial charge < -0.3 is 9.47 Å². The van der Waals surface area contributed by atoms with Crippen LogP contribution in [0.25, 0.3) is 0 Å². The third kappa shape index (κ3) is 2.48. The van der Waals surface area contributed by atoms with Crippen LogP contribution in [0.3, 0.4) is 0 Å². The molecule has 2 heteroatoms. The molecule has 1 saturated carbocycles. The zero-order valence-electron chi connectivity index (χ0n) is 8.63. The van der Waals surface area contributed by atoms with Crippen molar-refractivity contribution in [2.24, 2.45) is 0 Å². The molecular weight excluding hydrogens is 176 g/mol. The van der Waals surface area contributed by atoms with Gasteiger partial charge in [0.05, 0.1) is 18.8 Å². The van der Waals surface area contributed by atoms with Crippen LogP contribution < -0.4 is 0 Å². The molecule has 78 valence electrons. The van der Waals surface area contributed by atoms with Gasteiger partial charge in [0.1, 0.15) is 6.10 Å². The summed E-state index contributed by atoms with van der Waals surface area (Å²) in [5.41, 5.74) is 2.80. The standard InChI is InChI=1S/C12H18O2/c1-2-6-12(7-4-3-5-8-12)14-10-11-9-13-11/h6,11H,1,3-5,7-10H2.